The average molecular weight is 251 g/mol. The molecule has 0 fully saturated rings. The fourth-order valence-electron chi connectivity index (χ4n) is 2.27. The van der Waals surface area contributed by atoms with E-state index in [2.05, 4.69) is 39.8 Å². The summed E-state index contributed by atoms with van der Waals surface area (Å²) in [6.45, 7) is 10.9. The maximum absolute atomic E-state index is 3.92. The molecule has 0 nitrogen and oxygen atoms in total. The minimum atomic E-state index is 0.733. The Morgan fingerprint density at radius 2 is 1.61 bits per heavy atom. The average Bonchev–Trinajstić information content (AvgIpc) is 2.38. The van der Waals surface area contributed by atoms with Crippen molar-refractivity contribution in [2.75, 3.05) is 0 Å². The molecule has 0 heterocycles. The summed E-state index contributed by atoms with van der Waals surface area (Å²) in [6.07, 6.45) is 18.2. The first-order valence-corrected chi connectivity index (χ1v) is 8.18. The van der Waals surface area contributed by atoms with E-state index < -0.39 is 0 Å². The Hall–Kier alpha value is -0.260. The number of unbranched alkanes of at least 4 members (excludes halogenated alkanes) is 7. The van der Waals surface area contributed by atoms with Crippen LogP contribution >= 0.6 is 0 Å². The van der Waals surface area contributed by atoms with E-state index in [4.69, 9.17) is 0 Å². The van der Waals surface area contributed by atoms with E-state index in [-0.39, 0.29) is 0 Å². The summed E-state index contributed by atoms with van der Waals surface area (Å²) < 4.78 is 0. The molecule has 18 heavy (non-hydrogen) atoms. The highest BCUT2D eigenvalue weighted by Gasteiger charge is 2.07. The van der Waals surface area contributed by atoms with Gasteiger partial charge in [0, 0.05) is 0 Å². The Kier molecular flexibility index (Phi) is 13.0. The van der Waals surface area contributed by atoms with Gasteiger partial charge in [0.2, 0.25) is 0 Å². The first-order chi connectivity index (χ1) is 8.72. The fourth-order valence-corrected chi connectivity index (χ4v) is 2.27. The van der Waals surface area contributed by atoms with Crippen molar-refractivity contribution in [1.82, 2.24) is 0 Å². The molecule has 0 bridgehead atoms. The zero-order valence-corrected chi connectivity index (χ0v) is 13.1. The first-order valence-electron chi connectivity index (χ1n) is 8.18. The van der Waals surface area contributed by atoms with E-state index in [1.54, 1.807) is 0 Å². The van der Waals surface area contributed by atoms with Crippen LogP contribution in [0.5, 0.6) is 0 Å². The third-order valence-electron chi connectivity index (χ3n) is 3.97. The molecule has 2 unspecified atom stereocenters. The molecule has 0 spiro atoms. The summed E-state index contributed by atoms with van der Waals surface area (Å²) in [7, 11) is 0. The lowest BCUT2D eigenvalue weighted by molar-refractivity contribution is 0.416. The van der Waals surface area contributed by atoms with Gasteiger partial charge in [-0.1, -0.05) is 91.2 Å². The lowest BCUT2D eigenvalue weighted by atomic mass is 9.90. The van der Waals surface area contributed by atoms with Crippen molar-refractivity contribution in [1.29, 1.82) is 0 Å². The molecule has 0 aromatic heterocycles. The molecule has 0 amide bonds. The molecule has 0 saturated carbocycles. The highest BCUT2D eigenvalue weighted by Crippen LogP contribution is 2.19. The molecule has 1 radical (unpaired) electrons. The number of hydrogen-bond acceptors (Lipinski definition) is 0. The van der Waals surface area contributed by atoms with Crippen molar-refractivity contribution in [2.45, 2.75) is 85.0 Å². The summed E-state index contributed by atoms with van der Waals surface area (Å²) in [6, 6.07) is 0. The van der Waals surface area contributed by atoms with Crippen LogP contribution in [0.2, 0.25) is 0 Å². The van der Waals surface area contributed by atoms with Gasteiger partial charge in [0.15, 0.2) is 0 Å². The molecular weight excluding hydrogens is 216 g/mol. The lowest BCUT2D eigenvalue weighted by Gasteiger charge is -2.15. The van der Waals surface area contributed by atoms with Gasteiger partial charge in [-0.3, -0.25) is 0 Å². The standard InChI is InChI=1S/C18H35/c1-5-7-9-10-11-12-13-14-16-18(4)17(3)15-8-6-2/h14,16-18H,2,5-13,15H2,1,3-4H3/b16-14+. The lowest BCUT2D eigenvalue weighted by Crippen LogP contribution is -2.04. The monoisotopic (exact) mass is 251 g/mol. The van der Waals surface area contributed by atoms with E-state index in [9.17, 15) is 0 Å². The Morgan fingerprint density at radius 1 is 0.944 bits per heavy atom. The van der Waals surface area contributed by atoms with Crippen molar-refractivity contribution >= 4 is 0 Å². The summed E-state index contributed by atoms with van der Waals surface area (Å²) in [4.78, 5) is 0. The van der Waals surface area contributed by atoms with Crippen molar-refractivity contribution in [2.24, 2.45) is 11.8 Å². The third kappa shape index (κ3) is 10.9. The van der Waals surface area contributed by atoms with Gasteiger partial charge in [0.05, 0.1) is 0 Å². The maximum Gasteiger partial charge on any atom is -0.0236 e. The Labute approximate surface area is 116 Å². The van der Waals surface area contributed by atoms with Gasteiger partial charge in [-0.2, -0.15) is 0 Å². The maximum atomic E-state index is 3.92. The third-order valence-corrected chi connectivity index (χ3v) is 3.97. The Bertz CT molecular complexity index is 180. The minimum absolute atomic E-state index is 0.733. The zero-order chi connectivity index (χ0) is 13.6. The zero-order valence-electron chi connectivity index (χ0n) is 13.1. The highest BCUT2D eigenvalue weighted by molar-refractivity contribution is 4.88. The van der Waals surface area contributed by atoms with Gasteiger partial charge in [-0.25, -0.2) is 0 Å². The van der Waals surface area contributed by atoms with E-state index in [1.807, 2.05) is 0 Å². The van der Waals surface area contributed by atoms with Crippen LogP contribution in [-0.4, -0.2) is 0 Å². The predicted molar refractivity (Wildman–Crippen MR) is 84.7 cm³/mol. The van der Waals surface area contributed by atoms with E-state index in [0.29, 0.717) is 0 Å². The van der Waals surface area contributed by atoms with E-state index in [0.717, 1.165) is 18.3 Å². The van der Waals surface area contributed by atoms with Gasteiger partial charge in [0.25, 0.3) is 0 Å². The predicted octanol–water partition coefficient (Wildman–Crippen LogP) is 6.57. The normalized spacial score (nSPS) is 15.1. The molecular formula is C18H35. The van der Waals surface area contributed by atoms with Crippen LogP contribution < -0.4 is 0 Å². The Morgan fingerprint density at radius 3 is 2.28 bits per heavy atom. The second kappa shape index (κ2) is 13.2. The molecule has 0 rings (SSSR count). The minimum Gasteiger partial charge on any atom is -0.0883 e. The fraction of sp³-hybridized carbons (Fsp3) is 0.833. The van der Waals surface area contributed by atoms with Crippen molar-refractivity contribution in [3.8, 4) is 0 Å². The molecule has 0 heteroatoms. The summed E-state index contributed by atoms with van der Waals surface area (Å²) in [5.74, 6) is 1.55. The Balaban J connectivity index is 3.44. The van der Waals surface area contributed by atoms with Gasteiger partial charge in [-0.15, -0.1) is 0 Å². The van der Waals surface area contributed by atoms with Gasteiger partial charge >= 0.3 is 0 Å². The number of rotatable bonds is 12. The SMILES string of the molecule is [CH2]CCCC(C)C(C)/C=C/CCCCCCCC. The van der Waals surface area contributed by atoms with Gasteiger partial charge in [-0.05, 0) is 24.7 Å². The van der Waals surface area contributed by atoms with E-state index in [1.165, 1.54) is 57.8 Å². The summed E-state index contributed by atoms with van der Waals surface area (Å²) >= 11 is 0. The number of hydrogen-bond donors (Lipinski definition) is 0. The van der Waals surface area contributed by atoms with Crippen molar-refractivity contribution in [3.63, 3.8) is 0 Å². The van der Waals surface area contributed by atoms with E-state index >= 15 is 0 Å². The van der Waals surface area contributed by atoms with Crippen LogP contribution in [0.4, 0.5) is 0 Å². The molecule has 0 aromatic rings. The molecule has 0 aliphatic heterocycles. The molecule has 2 atom stereocenters. The molecule has 0 aromatic carbocycles. The second-order valence-corrected chi connectivity index (χ2v) is 5.82. The molecule has 0 aliphatic carbocycles. The van der Waals surface area contributed by atoms with Crippen LogP contribution in [0.15, 0.2) is 12.2 Å². The molecule has 107 valence electrons. The summed E-state index contributed by atoms with van der Waals surface area (Å²) in [5.41, 5.74) is 0. The van der Waals surface area contributed by atoms with Crippen molar-refractivity contribution in [3.05, 3.63) is 19.1 Å². The topological polar surface area (TPSA) is 0 Å². The van der Waals surface area contributed by atoms with Crippen LogP contribution in [-0.2, 0) is 0 Å². The molecule has 0 aliphatic rings. The van der Waals surface area contributed by atoms with Gasteiger partial charge < -0.3 is 0 Å². The molecule has 0 N–H and O–H groups in total. The second-order valence-electron chi connectivity index (χ2n) is 5.82. The van der Waals surface area contributed by atoms with Crippen LogP contribution in [0.25, 0.3) is 0 Å². The van der Waals surface area contributed by atoms with Crippen LogP contribution in [0.1, 0.15) is 85.0 Å². The van der Waals surface area contributed by atoms with Crippen LogP contribution in [0.3, 0.4) is 0 Å². The summed E-state index contributed by atoms with van der Waals surface area (Å²) in [5, 5.41) is 0. The largest absolute Gasteiger partial charge is 0.0883 e. The first kappa shape index (κ1) is 17.7. The smallest absolute Gasteiger partial charge is 0.0236 e. The van der Waals surface area contributed by atoms with Crippen LogP contribution in [0, 0.1) is 18.8 Å². The van der Waals surface area contributed by atoms with Gasteiger partial charge in [0.1, 0.15) is 0 Å². The quantitative estimate of drug-likeness (QED) is 0.272. The van der Waals surface area contributed by atoms with Crippen molar-refractivity contribution < 1.29 is 0 Å². The highest BCUT2D eigenvalue weighted by atomic mass is 14.1. The molecule has 0 saturated heterocycles. The number of allylic oxidation sites excluding steroid dienone is 2.